The van der Waals surface area contributed by atoms with Crippen LogP contribution in [0.2, 0.25) is 0 Å². The second-order valence-corrected chi connectivity index (χ2v) is 5.08. The van der Waals surface area contributed by atoms with Gasteiger partial charge in [-0.05, 0) is 24.3 Å². The van der Waals surface area contributed by atoms with E-state index in [9.17, 15) is 9.59 Å². The van der Waals surface area contributed by atoms with Gasteiger partial charge in [-0.25, -0.2) is 0 Å². The molecule has 0 aliphatic rings. The summed E-state index contributed by atoms with van der Waals surface area (Å²) in [6, 6.07) is 9.41. The number of carbonyl (C=O) groups is 2. The van der Waals surface area contributed by atoms with Crippen LogP contribution in [0, 0.1) is 0 Å². The molecule has 0 spiro atoms. The van der Waals surface area contributed by atoms with Crippen LogP contribution >= 0.6 is 0 Å². The fourth-order valence-electron chi connectivity index (χ4n) is 2.18. The molecule has 0 unspecified atom stereocenters. The van der Waals surface area contributed by atoms with E-state index in [0.29, 0.717) is 23.0 Å². The molecule has 0 heterocycles. The topological polar surface area (TPSA) is 95.1 Å². The molecule has 0 bridgehead atoms. The molecule has 0 aliphatic heterocycles. The molecule has 8 nitrogen and oxygen atoms in total. The molecule has 0 radical (unpaired) electrons. The van der Waals surface area contributed by atoms with Crippen molar-refractivity contribution in [2.75, 3.05) is 28.4 Å². The fourth-order valence-corrected chi connectivity index (χ4v) is 2.18. The first-order chi connectivity index (χ1) is 12.5. The van der Waals surface area contributed by atoms with Gasteiger partial charge in [0.1, 0.15) is 23.0 Å². The highest BCUT2D eigenvalue weighted by atomic mass is 16.5. The predicted octanol–water partition coefficient (Wildman–Crippen LogP) is 1.80. The van der Waals surface area contributed by atoms with Crippen molar-refractivity contribution < 1.29 is 28.5 Å². The SMILES string of the molecule is COc1cc(OC)cc(C(=O)NNC(=O)c2ccc(OC)cc2OC)c1. The third kappa shape index (κ3) is 4.35. The Morgan fingerprint density at radius 1 is 0.692 bits per heavy atom. The van der Waals surface area contributed by atoms with Crippen LogP contribution in [0.3, 0.4) is 0 Å². The summed E-state index contributed by atoms with van der Waals surface area (Å²) < 4.78 is 20.5. The smallest absolute Gasteiger partial charge is 0.273 e. The van der Waals surface area contributed by atoms with Crippen LogP contribution in [0.15, 0.2) is 36.4 Å². The van der Waals surface area contributed by atoms with Crippen LogP contribution in [0.1, 0.15) is 20.7 Å². The fraction of sp³-hybridized carbons (Fsp3) is 0.222. The van der Waals surface area contributed by atoms with Gasteiger partial charge in [0.25, 0.3) is 11.8 Å². The van der Waals surface area contributed by atoms with Crippen molar-refractivity contribution in [2.45, 2.75) is 0 Å². The molecule has 8 heteroatoms. The van der Waals surface area contributed by atoms with Crippen molar-refractivity contribution in [3.8, 4) is 23.0 Å². The Balaban J connectivity index is 2.11. The van der Waals surface area contributed by atoms with Crippen LogP contribution in [0.25, 0.3) is 0 Å². The van der Waals surface area contributed by atoms with E-state index >= 15 is 0 Å². The average molecular weight is 360 g/mol. The zero-order valence-corrected chi connectivity index (χ0v) is 14.9. The molecular formula is C18H20N2O6. The average Bonchev–Trinajstić information content (AvgIpc) is 2.70. The number of benzene rings is 2. The van der Waals surface area contributed by atoms with Crippen LogP contribution in [-0.2, 0) is 0 Å². The quantitative estimate of drug-likeness (QED) is 0.763. The lowest BCUT2D eigenvalue weighted by Crippen LogP contribution is -2.41. The Morgan fingerprint density at radius 2 is 1.27 bits per heavy atom. The van der Waals surface area contributed by atoms with Gasteiger partial charge in [0.2, 0.25) is 0 Å². The summed E-state index contributed by atoms with van der Waals surface area (Å²) in [7, 11) is 5.91. The third-order valence-electron chi connectivity index (χ3n) is 3.56. The summed E-state index contributed by atoms with van der Waals surface area (Å²) >= 11 is 0. The first-order valence-corrected chi connectivity index (χ1v) is 7.58. The number of rotatable bonds is 6. The summed E-state index contributed by atoms with van der Waals surface area (Å²) in [6.07, 6.45) is 0. The molecule has 2 amide bonds. The summed E-state index contributed by atoms with van der Waals surface area (Å²) in [5, 5.41) is 0. The molecule has 2 aromatic rings. The molecule has 0 fully saturated rings. The minimum absolute atomic E-state index is 0.247. The molecule has 2 N–H and O–H groups in total. The number of carbonyl (C=O) groups excluding carboxylic acids is 2. The van der Waals surface area contributed by atoms with Gasteiger partial charge in [0.05, 0.1) is 34.0 Å². The summed E-state index contributed by atoms with van der Waals surface area (Å²) in [5.74, 6) is 0.719. The molecule has 138 valence electrons. The summed E-state index contributed by atoms with van der Waals surface area (Å²) in [4.78, 5) is 24.6. The van der Waals surface area contributed by atoms with Gasteiger partial charge in [-0.3, -0.25) is 20.4 Å². The molecule has 2 aromatic carbocycles. The number of hydrazine groups is 1. The predicted molar refractivity (Wildman–Crippen MR) is 94.0 cm³/mol. The Kier molecular flexibility index (Phi) is 6.26. The van der Waals surface area contributed by atoms with E-state index in [1.54, 1.807) is 18.2 Å². The highest BCUT2D eigenvalue weighted by Crippen LogP contribution is 2.24. The van der Waals surface area contributed by atoms with Crippen LogP contribution in [-0.4, -0.2) is 40.3 Å². The molecular weight excluding hydrogens is 340 g/mol. The number of amides is 2. The number of ether oxygens (including phenoxy) is 4. The summed E-state index contributed by atoms with van der Waals surface area (Å²) in [6.45, 7) is 0. The Bertz CT molecular complexity index is 784. The molecule has 2 rings (SSSR count). The van der Waals surface area contributed by atoms with Crippen LogP contribution in [0.4, 0.5) is 0 Å². The minimum atomic E-state index is -0.535. The highest BCUT2D eigenvalue weighted by Gasteiger charge is 2.15. The van der Waals surface area contributed by atoms with E-state index in [4.69, 9.17) is 18.9 Å². The van der Waals surface area contributed by atoms with E-state index in [0.717, 1.165) is 0 Å². The van der Waals surface area contributed by atoms with Crippen LogP contribution in [0.5, 0.6) is 23.0 Å². The molecule has 0 aromatic heterocycles. The van der Waals surface area contributed by atoms with E-state index in [-0.39, 0.29) is 11.1 Å². The van der Waals surface area contributed by atoms with Gasteiger partial charge >= 0.3 is 0 Å². The summed E-state index contributed by atoms with van der Waals surface area (Å²) in [5.41, 5.74) is 5.20. The number of nitrogens with one attached hydrogen (secondary N) is 2. The maximum atomic E-state index is 12.3. The van der Waals surface area contributed by atoms with Gasteiger partial charge in [0.15, 0.2) is 0 Å². The van der Waals surface area contributed by atoms with Gasteiger partial charge in [-0.15, -0.1) is 0 Å². The molecule has 0 aliphatic carbocycles. The third-order valence-corrected chi connectivity index (χ3v) is 3.56. The van der Waals surface area contributed by atoms with Gasteiger partial charge in [-0.1, -0.05) is 0 Å². The monoisotopic (exact) mass is 360 g/mol. The first kappa shape index (κ1) is 18.9. The second-order valence-electron chi connectivity index (χ2n) is 5.08. The standard InChI is InChI=1S/C18H20N2O6/c1-23-12-5-6-15(16(10-12)26-4)18(22)20-19-17(21)11-7-13(24-2)9-14(8-11)25-3/h5-10H,1-4H3,(H,19,21)(H,20,22). The van der Waals surface area contributed by atoms with Crippen molar-refractivity contribution in [3.63, 3.8) is 0 Å². The Morgan fingerprint density at radius 3 is 1.81 bits per heavy atom. The first-order valence-electron chi connectivity index (χ1n) is 7.58. The zero-order valence-electron chi connectivity index (χ0n) is 14.9. The minimum Gasteiger partial charge on any atom is -0.497 e. The van der Waals surface area contributed by atoms with Gasteiger partial charge < -0.3 is 18.9 Å². The lowest BCUT2D eigenvalue weighted by molar-refractivity contribution is 0.0844. The number of methoxy groups -OCH3 is 4. The molecule has 0 saturated heterocycles. The highest BCUT2D eigenvalue weighted by molar-refractivity contribution is 6.00. The van der Waals surface area contributed by atoms with Crippen molar-refractivity contribution in [3.05, 3.63) is 47.5 Å². The van der Waals surface area contributed by atoms with Crippen molar-refractivity contribution >= 4 is 11.8 Å². The number of hydrogen-bond donors (Lipinski definition) is 2. The van der Waals surface area contributed by atoms with E-state index in [1.165, 1.54) is 46.6 Å². The normalized spacial score (nSPS) is 9.85. The lowest BCUT2D eigenvalue weighted by atomic mass is 10.1. The van der Waals surface area contributed by atoms with Crippen molar-refractivity contribution in [1.82, 2.24) is 10.9 Å². The van der Waals surface area contributed by atoms with Crippen molar-refractivity contribution in [2.24, 2.45) is 0 Å². The van der Waals surface area contributed by atoms with Gasteiger partial charge in [-0.2, -0.15) is 0 Å². The van der Waals surface area contributed by atoms with Crippen molar-refractivity contribution in [1.29, 1.82) is 0 Å². The van der Waals surface area contributed by atoms with Crippen LogP contribution < -0.4 is 29.8 Å². The lowest BCUT2D eigenvalue weighted by Gasteiger charge is -2.12. The molecule has 26 heavy (non-hydrogen) atoms. The number of hydrogen-bond acceptors (Lipinski definition) is 6. The Hall–Kier alpha value is -3.42. The second kappa shape index (κ2) is 8.61. The zero-order chi connectivity index (χ0) is 19.1. The van der Waals surface area contributed by atoms with Gasteiger partial charge in [0, 0.05) is 17.7 Å². The largest absolute Gasteiger partial charge is 0.497 e. The maximum absolute atomic E-state index is 12.3. The Labute approximate surface area is 151 Å². The van der Waals surface area contributed by atoms with E-state index in [1.807, 2.05) is 0 Å². The molecule has 0 saturated carbocycles. The maximum Gasteiger partial charge on any atom is 0.273 e. The van der Waals surface area contributed by atoms with E-state index in [2.05, 4.69) is 10.9 Å². The van der Waals surface area contributed by atoms with E-state index < -0.39 is 11.8 Å². The molecule has 0 atom stereocenters.